The van der Waals surface area contributed by atoms with Crippen molar-refractivity contribution in [2.45, 2.75) is 13.0 Å². The first-order chi connectivity index (χ1) is 11.7. The Morgan fingerprint density at radius 1 is 1.33 bits per heavy atom. The topological polar surface area (TPSA) is 59.8 Å². The van der Waals surface area contributed by atoms with Crippen LogP contribution in [-0.2, 0) is 11.3 Å². The number of carbonyl (C=O) groups is 1. The summed E-state index contributed by atoms with van der Waals surface area (Å²) in [5.41, 5.74) is 1.69. The number of amides is 1. The van der Waals surface area contributed by atoms with Crippen LogP contribution in [-0.4, -0.2) is 27.0 Å². The third kappa shape index (κ3) is 2.94. The minimum Gasteiger partial charge on any atom is -0.356 e. The van der Waals surface area contributed by atoms with Crippen LogP contribution < -0.4 is 5.32 Å². The van der Waals surface area contributed by atoms with E-state index in [1.54, 1.807) is 18.3 Å². The highest BCUT2D eigenvalue weighted by molar-refractivity contribution is 7.13. The van der Waals surface area contributed by atoms with Gasteiger partial charge in [-0.25, -0.2) is 14.4 Å². The molecule has 1 saturated heterocycles. The molecule has 24 heavy (non-hydrogen) atoms. The summed E-state index contributed by atoms with van der Waals surface area (Å²) in [5.74, 6) is 0.925. The predicted molar refractivity (Wildman–Crippen MR) is 89.8 cm³/mol. The summed E-state index contributed by atoms with van der Waals surface area (Å²) in [6, 6.07) is 6.30. The second-order valence-electron chi connectivity index (χ2n) is 5.82. The van der Waals surface area contributed by atoms with E-state index in [4.69, 9.17) is 0 Å². The van der Waals surface area contributed by atoms with Crippen molar-refractivity contribution in [2.24, 2.45) is 5.92 Å². The van der Waals surface area contributed by atoms with Gasteiger partial charge in [-0.05, 0) is 24.3 Å². The van der Waals surface area contributed by atoms with Crippen LogP contribution in [0.15, 0.2) is 42.0 Å². The van der Waals surface area contributed by atoms with Crippen LogP contribution in [0.2, 0.25) is 0 Å². The molecular formula is C17H15FN4OS. The summed E-state index contributed by atoms with van der Waals surface area (Å²) >= 11 is 1.51. The minimum absolute atomic E-state index is 0.106. The number of benzene rings is 1. The molecule has 122 valence electrons. The monoisotopic (exact) mass is 342 g/mol. The van der Waals surface area contributed by atoms with Crippen molar-refractivity contribution in [1.82, 2.24) is 19.9 Å². The van der Waals surface area contributed by atoms with Gasteiger partial charge in [-0.2, -0.15) is 0 Å². The van der Waals surface area contributed by atoms with Gasteiger partial charge in [0.05, 0.1) is 5.69 Å². The van der Waals surface area contributed by atoms with Crippen LogP contribution in [0.4, 0.5) is 4.39 Å². The average molecular weight is 342 g/mol. The molecule has 1 aliphatic heterocycles. The van der Waals surface area contributed by atoms with Crippen molar-refractivity contribution in [1.29, 1.82) is 0 Å². The average Bonchev–Trinajstić information content (AvgIpc) is 3.29. The molecule has 0 radical (unpaired) electrons. The van der Waals surface area contributed by atoms with Gasteiger partial charge in [0.25, 0.3) is 0 Å². The molecule has 0 spiro atoms. The minimum atomic E-state index is -0.260. The Hall–Kier alpha value is -2.54. The van der Waals surface area contributed by atoms with Gasteiger partial charge in [0.2, 0.25) is 5.91 Å². The molecule has 1 amide bonds. The molecule has 3 heterocycles. The largest absolute Gasteiger partial charge is 0.356 e. The van der Waals surface area contributed by atoms with Gasteiger partial charge in [0.1, 0.15) is 5.82 Å². The molecule has 4 rings (SSSR count). The van der Waals surface area contributed by atoms with E-state index in [9.17, 15) is 9.18 Å². The number of hydrogen-bond donors (Lipinski definition) is 1. The Labute approximate surface area is 142 Å². The molecule has 5 nitrogen and oxygen atoms in total. The van der Waals surface area contributed by atoms with E-state index >= 15 is 0 Å². The summed E-state index contributed by atoms with van der Waals surface area (Å²) in [7, 11) is 0. The zero-order chi connectivity index (χ0) is 16.5. The highest BCUT2D eigenvalue weighted by Crippen LogP contribution is 2.28. The smallest absolute Gasteiger partial charge is 0.220 e. The Morgan fingerprint density at radius 3 is 2.92 bits per heavy atom. The highest BCUT2D eigenvalue weighted by Gasteiger charge is 2.23. The number of nitrogens with zero attached hydrogens (tertiary/aromatic N) is 3. The maximum Gasteiger partial charge on any atom is 0.220 e. The Bertz CT molecular complexity index is 871. The zero-order valence-electron chi connectivity index (χ0n) is 12.8. The second kappa shape index (κ2) is 6.16. The van der Waals surface area contributed by atoms with E-state index in [0.29, 0.717) is 13.0 Å². The van der Waals surface area contributed by atoms with Crippen molar-refractivity contribution in [3.05, 3.63) is 47.9 Å². The quantitative estimate of drug-likeness (QED) is 0.793. The number of hydrogen-bond acceptors (Lipinski definition) is 4. The molecule has 1 unspecified atom stereocenters. The predicted octanol–water partition coefficient (Wildman–Crippen LogP) is 2.95. The van der Waals surface area contributed by atoms with Crippen molar-refractivity contribution >= 4 is 17.2 Å². The lowest BCUT2D eigenvalue weighted by Gasteiger charge is -2.10. The molecular weight excluding hydrogens is 327 g/mol. The molecule has 7 heteroatoms. The van der Waals surface area contributed by atoms with Gasteiger partial charge in [0, 0.05) is 48.8 Å². The van der Waals surface area contributed by atoms with Crippen molar-refractivity contribution in [2.75, 3.05) is 6.54 Å². The van der Waals surface area contributed by atoms with E-state index in [2.05, 4.69) is 15.3 Å². The standard InChI is InChI=1S/C17H15FN4OS/c18-13-3-1-12(2-4-13)14-10-24-17(21-14)16-19-5-6-22(16)9-11-7-15(23)20-8-11/h1-6,10-11H,7-9H2,(H,20,23). The molecule has 1 aromatic carbocycles. The molecule has 1 fully saturated rings. The highest BCUT2D eigenvalue weighted by atomic mass is 32.1. The first-order valence-corrected chi connectivity index (χ1v) is 8.56. The maximum absolute atomic E-state index is 13.0. The maximum atomic E-state index is 13.0. The molecule has 2 aromatic heterocycles. The number of halogens is 1. The summed E-state index contributed by atoms with van der Waals surface area (Å²) in [4.78, 5) is 20.4. The summed E-state index contributed by atoms with van der Waals surface area (Å²) < 4.78 is 15.1. The van der Waals surface area contributed by atoms with Crippen LogP contribution in [0.5, 0.6) is 0 Å². The molecule has 0 bridgehead atoms. The van der Waals surface area contributed by atoms with E-state index in [1.807, 2.05) is 16.1 Å². The molecule has 3 aromatic rings. The fraction of sp³-hybridized carbons (Fsp3) is 0.235. The van der Waals surface area contributed by atoms with Crippen LogP contribution in [0.1, 0.15) is 6.42 Å². The van der Waals surface area contributed by atoms with Crippen LogP contribution in [0.3, 0.4) is 0 Å². The van der Waals surface area contributed by atoms with Crippen molar-refractivity contribution < 1.29 is 9.18 Å². The van der Waals surface area contributed by atoms with E-state index < -0.39 is 0 Å². The third-order valence-electron chi connectivity index (χ3n) is 4.07. The van der Waals surface area contributed by atoms with Gasteiger partial charge in [-0.15, -0.1) is 11.3 Å². The van der Waals surface area contributed by atoms with Crippen molar-refractivity contribution in [3.8, 4) is 22.1 Å². The SMILES string of the molecule is O=C1CC(Cn2ccnc2-c2nc(-c3ccc(F)cc3)cs2)CN1. The number of thiazole rings is 1. The molecule has 0 aliphatic carbocycles. The van der Waals surface area contributed by atoms with Crippen LogP contribution >= 0.6 is 11.3 Å². The fourth-order valence-electron chi connectivity index (χ4n) is 2.86. The molecule has 0 saturated carbocycles. The molecule has 1 N–H and O–H groups in total. The number of rotatable bonds is 4. The Balaban J connectivity index is 1.58. The molecule has 1 atom stereocenters. The lowest BCUT2D eigenvalue weighted by molar-refractivity contribution is -0.119. The van der Waals surface area contributed by atoms with Crippen molar-refractivity contribution in [3.63, 3.8) is 0 Å². The number of imidazole rings is 1. The van der Waals surface area contributed by atoms with E-state index in [1.165, 1.54) is 23.5 Å². The number of carbonyl (C=O) groups excluding carboxylic acids is 1. The second-order valence-corrected chi connectivity index (χ2v) is 6.68. The zero-order valence-corrected chi connectivity index (χ0v) is 13.6. The number of nitrogens with one attached hydrogen (secondary N) is 1. The van der Waals surface area contributed by atoms with E-state index in [0.717, 1.165) is 28.6 Å². The fourth-order valence-corrected chi connectivity index (χ4v) is 3.69. The van der Waals surface area contributed by atoms with Crippen LogP contribution in [0.25, 0.3) is 22.1 Å². The summed E-state index contributed by atoms with van der Waals surface area (Å²) in [6.45, 7) is 1.44. The normalized spacial score (nSPS) is 17.2. The molecule has 1 aliphatic rings. The van der Waals surface area contributed by atoms with Gasteiger partial charge in [-0.1, -0.05) is 0 Å². The Morgan fingerprint density at radius 2 is 2.17 bits per heavy atom. The first-order valence-electron chi connectivity index (χ1n) is 7.69. The number of aromatic nitrogens is 3. The summed E-state index contributed by atoms with van der Waals surface area (Å²) in [6.07, 6.45) is 4.21. The summed E-state index contributed by atoms with van der Waals surface area (Å²) in [5, 5.41) is 5.62. The van der Waals surface area contributed by atoms with Gasteiger partial charge >= 0.3 is 0 Å². The van der Waals surface area contributed by atoms with Gasteiger partial charge < -0.3 is 9.88 Å². The third-order valence-corrected chi connectivity index (χ3v) is 4.91. The lowest BCUT2D eigenvalue weighted by Crippen LogP contribution is -2.16. The Kier molecular flexibility index (Phi) is 3.86. The van der Waals surface area contributed by atoms with Gasteiger partial charge in [0.15, 0.2) is 10.8 Å². The lowest BCUT2D eigenvalue weighted by atomic mass is 10.1. The van der Waals surface area contributed by atoms with E-state index in [-0.39, 0.29) is 17.6 Å². The van der Waals surface area contributed by atoms with Gasteiger partial charge in [-0.3, -0.25) is 4.79 Å². The first kappa shape index (κ1) is 15.0. The van der Waals surface area contributed by atoms with Crippen LogP contribution in [0, 0.1) is 11.7 Å².